The molecule has 72 valence electrons. The van der Waals surface area contributed by atoms with Crippen LogP contribution in [0.15, 0.2) is 12.1 Å². The second kappa shape index (κ2) is 4.34. The predicted octanol–water partition coefficient (Wildman–Crippen LogP) is 1.90. The van der Waals surface area contributed by atoms with Crippen molar-refractivity contribution in [1.29, 1.82) is 0 Å². The van der Waals surface area contributed by atoms with E-state index in [1.807, 2.05) is 0 Å². The van der Waals surface area contributed by atoms with E-state index in [2.05, 4.69) is 0 Å². The molecule has 0 amide bonds. The maximum Gasteiger partial charge on any atom is 0.337 e. The molecule has 4 nitrogen and oxygen atoms in total. The fourth-order valence-electron chi connectivity index (χ4n) is 0.781. The maximum absolute atomic E-state index is 10.5. The summed E-state index contributed by atoms with van der Waals surface area (Å²) in [4.78, 5) is 10.5. The molecule has 0 saturated heterocycles. The molecule has 0 radical (unpaired) electrons. The number of anilines is 1. The van der Waals surface area contributed by atoms with Gasteiger partial charge >= 0.3 is 5.97 Å². The minimum atomic E-state index is -1.22. The predicted molar refractivity (Wildman–Crippen MR) is 54.8 cm³/mol. The van der Waals surface area contributed by atoms with Crippen LogP contribution in [0.2, 0.25) is 5.02 Å². The Morgan fingerprint density at radius 3 is 2.46 bits per heavy atom. The van der Waals surface area contributed by atoms with Gasteiger partial charge < -0.3 is 15.9 Å². The fourth-order valence-corrected chi connectivity index (χ4v) is 0.993. The summed E-state index contributed by atoms with van der Waals surface area (Å²) in [5.74, 6) is -1.54. The van der Waals surface area contributed by atoms with E-state index in [4.69, 9.17) is 27.5 Å². The average molecular weight is 268 g/mol. The minimum absolute atomic E-state index is 0. The molecule has 0 bridgehead atoms. The molecule has 0 aliphatic rings. The molecule has 0 unspecified atom stereocenters. The molecule has 0 saturated carbocycles. The summed E-state index contributed by atoms with van der Waals surface area (Å²) in [5, 5.41) is 17.8. The first-order valence-electron chi connectivity index (χ1n) is 3.03. The Kier molecular flexibility index (Phi) is 4.03. The normalized spacial score (nSPS) is 9.00. The number of rotatable bonds is 1. The third kappa shape index (κ3) is 2.50. The van der Waals surface area contributed by atoms with Gasteiger partial charge in [-0.05, 0) is 6.07 Å². The molecule has 0 fully saturated rings. The van der Waals surface area contributed by atoms with Crippen molar-refractivity contribution >= 4 is 40.2 Å². The lowest BCUT2D eigenvalue weighted by molar-refractivity contribution is 0.0697. The van der Waals surface area contributed by atoms with Crippen molar-refractivity contribution in [2.45, 2.75) is 0 Å². The van der Waals surface area contributed by atoms with Crippen molar-refractivity contribution in [3.8, 4) is 5.75 Å². The number of phenolic OH excluding ortho intramolecular Hbond substituents is 1. The molecule has 0 aliphatic carbocycles. The van der Waals surface area contributed by atoms with E-state index < -0.39 is 5.97 Å². The van der Waals surface area contributed by atoms with Crippen LogP contribution in [0.5, 0.6) is 5.75 Å². The molecule has 0 heterocycles. The molecular weight excluding hydrogens is 261 g/mol. The maximum atomic E-state index is 10.5. The van der Waals surface area contributed by atoms with Crippen molar-refractivity contribution in [1.82, 2.24) is 0 Å². The monoisotopic (exact) mass is 267 g/mol. The molecule has 1 aromatic rings. The van der Waals surface area contributed by atoms with Crippen LogP contribution in [0.4, 0.5) is 5.69 Å². The van der Waals surface area contributed by atoms with Gasteiger partial charge in [-0.3, -0.25) is 0 Å². The number of carbonyl (C=O) groups is 1. The zero-order valence-corrected chi connectivity index (χ0v) is 8.79. The zero-order valence-electron chi connectivity index (χ0n) is 6.32. The Balaban J connectivity index is 0.00000144. The number of nitrogens with two attached hydrogens (primary N) is 1. The van der Waals surface area contributed by atoms with Crippen LogP contribution in [-0.2, 0) is 0 Å². The lowest BCUT2D eigenvalue weighted by Gasteiger charge is -2.03. The SMILES string of the molecule is Br.Nc1c(O)cc(Cl)cc1C(=O)O. The van der Waals surface area contributed by atoms with E-state index in [9.17, 15) is 4.79 Å². The first kappa shape index (κ1) is 12.1. The highest BCUT2D eigenvalue weighted by atomic mass is 79.9. The number of aromatic carboxylic acids is 1. The Morgan fingerprint density at radius 2 is 2.00 bits per heavy atom. The fraction of sp³-hybridized carbons (Fsp3) is 0. The largest absolute Gasteiger partial charge is 0.506 e. The number of halogens is 2. The van der Waals surface area contributed by atoms with Crippen LogP contribution >= 0.6 is 28.6 Å². The number of aromatic hydroxyl groups is 1. The number of carboxylic acid groups (broad SMARTS) is 1. The van der Waals surface area contributed by atoms with Crippen molar-refractivity contribution in [3.63, 3.8) is 0 Å². The van der Waals surface area contributed by atoms with E-state index in [1.54, 1.807) is 0 Å². The number of hydrogen-bond donors (Lipinski definition) is 3. The second-order valence-electron chi connectivity index (χ2n) is 2.19. The summed E-state index contributed by atoms with van der Waals surface area (Å²) in [6, 6.07) is 2.36. The third-order valence-electron chi connectivity index (χ3n) is 1.35. The van der Waals surface area contributed by atoms with E-state index in [1.165, 1.54) is 12.1 Å². The number of nitrogen functional groups attached to an aromatic ring is 1. The number of benzene rings is 1. The second-order valence-corrected chi connectivity index (χ2v) is 2.63. The summed E-state index contributed by atoms with van der Waals surface area (Å²) in [6.45, 7) is 0. The van der Waals surface area contributed by atoms with Gasteiger partial charge in [-0.2, -0.15) is 0 Å². The van der Waals surface area contributed by atoms with Gasteiger partial charge in [0.05, 0.1) is 11.3 Å². The Morgan fingerprint density at radius 1 is 1.46 bits per heavy atom. The van der Waals surface area contributed by atoms with E-state index in [0.29, 0.717) is 0 Å². The summed E-state index contributed by atoms with van der Waals surface area (Å²) in [5.41, 5.74) is 4.89. The zero-order chi connectivity index (χ0) is 9.30. The highest BCUT2D eigenvalue weighted by molar-refractivity contribution is 8.93. The molecule has 0 atom stereocenters. The smallest absolute Gasteiger partial charge is 0.337 e. The Labute approximate surface area is 89.7 Å². The summed E-state index contributed by atoms with van der Waals surface area (Å²) in [6.07, 6.45) is 0. The number of phenols is 1. The summed E-state index contributed by atoms with van der Waals surface area (Å²) in [7, 11) is 0. The van der Waals surface area contributed by atoms with E-state index in [0.717, 1.165) is 0 Å². The van der Waals surface area contributed by atoms with Crippen molar-refractivity contribution in [2.24, 2.45) is 0 Å². The van der Waals surface area contributed by atoms with Gasteiger partial charge in [0.1, 0.15) is 5.75 Å². The summed E-state index contributed by atoms with van der Waals surface area (Å²) < 4.78 is 0. The van der Waals surface area contributed by atoms with Gasteiger partial charge in [-0.1, -0.05) is 11.6 Å². The molecule has 0 spiro atoms. The lowest BCUT2D eigenvalue weighted by atomic mass is 10.1. The highest BCUT2D eigenvalue weighted by Gasteiger charge is 2.12. The average Bonchev–Trinajstić information content (AvgIpc) is 1.96. The first-order valence-corrected chi connectivity index (χ1v) is 3.41. The van der Waals surface area contributed by atoms with Crippen LogP contribution in [0.25, 0.3) is 0 Å². The molecule has 4 N–H and O–H groups in total. The topological polar surface area (TPSA) is 83.5 Å². The third-order valence-corrected chi connectivity index (χ3v) is 1.57. The van der Waals surface area contributed by atoms with Gasteiger partial charge in [0.2, 0.25) is 0 Å². The number of carboxylic acids is 1. The molecule has 0 aliphatic heterocycles. The summed E-state index contributed by atoms with van der Waals surface area (Å²) >= 11 is 5.49. The molecular formula is C7H7BrClNO3. The molecule has 1 rings (SSSR count). The molecule has 1 aromatic carbocycles. The van der Waals surface area contributed by atoms with Gasteiger partial charge in [-0.15, -0.1) is 17.0 Å². The standard InChI is InChI=1S/C7H6ClNO3.BrH/c8-3-1-4(7(11)12)6(9)5(10)2-3;/h1-2,10H,9H2,(H,11,12);1H. The Hall–Kier alpha value is -0.940. The van der Waals surface area contributed by atoms with Crippen LogP contribution in [-0.4, -0.2) is 16.2 Å². The highest BCUT2D eigenvalue weighted by Crippen LogP contribution is 2.28. The van der Waals surface area contributed by atoms with E-state index >= 15 is 0 Å². The van der Waals surface area contributed by atoms with Crippen molar-refractivity contribution in [3.05, 3.63) is 22.7 Å². The molecule has 0 aromatic heterocycles. The van der Waals surface area contributed by atoms with Crippen LogP contribution in [0, 0.1) is 0 Å². The lowest BCUT2D eigenvalue weighted by Crippen LogP contribution is -2.02. The van der Waals surface area contributed by atoms with Crippen molar-refractivity contribution < 1.29 is 15.0 Å². The van der Waals surface area contributed by atoms with Crippen LogP contribution in [0.3, 0.4) is 0 Å². The first-order chi connectivity index (χ1) is 5.52. The van der Waals surface area contributed by atoms with Gasteiger partial charge in [0.25, 0.3) is 0 Å². The quantitative estimate of drug-likeness (QED) is 0.536. The number of hydrogen-bond acceptors (Lipinski definition) is 3. The molecule has 6 heteroatoms. The van der Waals surface area contributed by atoms with Gasteiger partial charge in [0, 0.05) is 11.1 Å². The van der Waals surface area contributed by atoms with Gasteiger partial charge in [-0.25, -0.2) is 4.79 Å². The molecule has 13 heavy (non-hydrogen) atoms. The van der Waals surface area contributed by atoms with Gasteiger partial charge in [0.15, 0.2) is 0 Å². The Bertz CT molecular complexity index is 343. The van der Waals surface area contributed by atoms with Crippen LogP contribution in [0.1, 0.15) is 10.4 Å². The minimum Gasteiger partial charge on any atom is -0.506 e. The van der Waals surface area contributed by atoms with Crippen LogP contribution < -0.4 is 5.73 Å². The van der Waals surface area contributed by atoms with E-state index in [-0.39, 0.29) is 39.0 Å². The van der Waals surface area contributed by atoms with Crippen molar-refractivity contribution in [2.75, 3.05) is 5.73 Å².